The van der Waals surface area contributed by atoms with Crippen molar-refractivity contribution in [3.63, 3.8) is 0 Å². The maximum atomic E-state index is 12.1. The smallest absolute Gasteiger partial charge is 0.181 e. The first kappa shape index (κ1) is 11.7. The zero-order valence-corrected chi connectivity index (χ0v) is 10.5. The van der Waals surface area contributed by atoms with Gasteiger partial charge in [-0.3, -0.25) is 9.48 Å². The maximum absolute atomic E-state index is 12.1. The van der Waals surface area contributed by atoms with Crippen LogP contribution >= 0.6 is 0 Å². The molecular formula is C13H14N4O2. The molecule has 0 saturated carbocycles. The molecule has 1 aromatic carbocycles. The van der Waals surface area contributed by atoms with Crippen molar-refractivity contribution in [2.24, 2.45) is 7.05 Å². The van der Waals surface area contributed by atoms with E-state index in [2.05, 4.69) is 15.6 Å². The second-order valence-electron chi connectivity index (χ2n) is 4.51. The van der Waals surface area contributed by atoms with Gasteiger partial charge in [-0.05, 0) is 12.1 Å². The molecule has 98 valence electrons. The van der Waals surface area contributed by atoms with Crippen LogP contribution in [0.15, 0.2) is 30.5 Å². The molecule has 0 spiro atoms. The first-order chi connectivity index (χ1) is 9.22. The number of carbonyl (C=O) groups is 1. The molecule has 0 bridgehead atoms. The average Bonchev–Trinajstić information content (AvgIpc) is 2.83. The van der Waals surface area contributed by atoms with Gasteiger partial charge in [-0.2, -0.15) is 0 Å². The third-order valence-corrected chi connectivity index (χ3v) is 3.00. The Morgan fingerprint density at radius 3 is 3.16 bits per heavy atom. The van der Waals surface area contributed by atoms with Gasteiger partial charge in [0.15, 0.2) is 11.9 Å². The third kappa shape index (κ3) is 2.42. The number of aryl methyl sites for hydroxylation is 1. The van der Waals surface area contributed by atoms with Crippen molar-refractivity contribution in [3.8, 4) is 5.75 Å². The molecule has 6 nitrogen and oxygen atoms in total. The van der Waals surface area contributed by atoms with Gasteiger partial charge in [-0.15, -0.1) is 5.10 Å². The lowest BCUT2D eigenvalue weighted by atomic mass is 10.1. The number of Topliss-reactive ketones (excluding diaryl/α,β-unsaturated/α-hetero) is 1. The molecule has 0 aliphatic carbocycles. The highest BCUT2D eigenvalue weighted by Crippen LogP contribution is 2.28. The maximum Gasteiger partial charge on any atom is 0.181 e. The van der Waals surface area contributed by atoms with E-state index >= 15 is 0 Å². The van der Waals surface area contributed by atoms with Crippen LogP contribution in [0.25, 0.3) is 0 Å². The van der Waals surface area contributed by atoms with E-state index in [0.29, 0.717) is 18.0 Å². The van der Waals surface area contributed by atoms with Gasteiger partial charge >= 0.3 is 0 Å². The number of anilines is 1. The number of aromatic nitrogens is 3. The Morgan fingerprint density at radius 2 is 2.37 bits per heavy atom. The largest absolute Gasteiger partial charge is 0.479 e. The highest BCUT2D eigenvalue weighted by atomic mass is 16.5. The first-order valence-electron chi connectivity index (χ1n) is 6.10. The van der Waals surface area contributed by atoms with Crippen LogP contribution in [0.2, 0.25) is 0 Å². The van der Waals surface area contributed by atoms with Crippen LogP contribution in [0.4, 0.5) is 5.69 Å². The van der Waals surface area contributed by atoms with E-state index < -0.39 is 6.10 Å². The summed E-state index contributed by atoms with van der Waals surface area (Å²) >= 11 is 0. The Hall–Kier alpha value is -2.37. The predicted octanol–water partition coefficient (Wildman–Crippen LogP) is 0.800. The normalized spacial score (nSPS) is 17.2. The molecule has 3 rings (SSSR count). The minimum Gasteiger partial charge on any atom is -0.479 e. The van der Waals surface area contributed by atoms with Crippen molar-refractivity contribution < 1.29 is 9.53 Å². The van der Waals surface area contributed by atoms with E-state index in [-0.39, 0.29) is 12.2 Å². The van der Waals surface area contributed by atoms with Gasteiger partial charge in [0, 0.05) is 13.2 Å². The number of nitrogens with zero attached hydrogens (tertiary/aromatic N) is 3. The van der Waals surface area contributed by atoms with E-state index in [1.807, 2.05) is 24.3 Å². The Morgan fingerprint density at radius 1 is 1.53 bits per heavy atom. The number of para-hydroxylation sites is 2. The molecule has 2 heterocycles. The van der Waals surface area contributed by atoms with Gasteiger partial charge in [0.2, 0.25) is 0 Å². The number of benzene rings is 1. The van der Waals surface area contributed by atoms with Crippen molar-refractivity contribution in [2.45, 2.75) is 12.5 Å². The molecule has 1 atom stereocenters. The van der Waals surface area contributed by atoms with Crippen LogP contribution in [0.3, 0.4) is 0 Å². The van der Waals surface area contributed by atoms with Crippen molar-refractivity contribution in [2.75, 3.05) is 11.9 Å². The molecular weight excluding hydrogens is 244 g/mol. The van der Waals surface area contributed by atoms with Gasteiger partial charge in [0.1, 0.15) is 5.75 Å². The fraction of sp³-hybridized carbons (Fsp3) is 0.308. The van der Waals surface area contributed by atoms with Crippen LogP contribution in [0.5, 0.6) is 5.75 Å². The van der Waals surface area contributed by atoms with Gasteiger partial charge in [0.05, 0.1) is 24.3 Å². The summed E-state index contributed by atoms with van der Waals surface area (Å²) in [5.74, 6) is 0.716. The summed E-state index contributed by atoms with van der Waals surface area (Å²) < 4.78 is 7.29. The average molecular weight is 258 g/mol. The fourth-order valence-corrected chi connectivity index (χ4v) is 2.06. The van der Waals surface area contributed by atoms with Crippen LogP contribution in [-0.4, -0.2) is 33.4 Å². The predicted molar refractivity (Wildman–Crippen MR) is 69.1 cm³/mol. The van der Waals surface area contributed by atoms with Gasteiger partial charge < -0.3 is 10.1 Å². The Balaban J connectivity index is 1.69. The molecule has 2 aromatic rings. The first-order valence-corrected chi connectivity index (χ1v) is 6.10. The molecule has 1 aliphatic rings. The van der Waals surface area contributed by atoms with Crippen molar-refractivity contribution in [1.82, 2.24) is 15.0 Å². The van der Waals surface area contributed by atoms with E-state index in [9.17, 15) is 4.79 Å². The number of ketones is 1. The Labute approximate surface area is 110 Å². The number of ether oxygens (including phenoxy) is 1. The van der Waals surface area contributed by atoms with Crippen LogP contribution < -0.4 is 10.1 Å². The van der Waals surface area contributed by atoms with Crippen LogP contribution in [-0.2, 0) is 18.3 Å². The summed E-state index contributed by atoms with van der Waals surface area (Å²) in [6.07, 6.45) is 1.50. The molecule has 0 radical (unpaired) electrons. The summed E-state index contributed by atoms with van der Waals surface area (Å²) in [6, 6.07) is 7.59. The molecule has 19 heavy (non-hydrogen) atoms. The van der Waals surface area contributed by atoms with Gasteiger partial charge in [0.25, 0.3) is 0 Å². The third-order valence-electron chi connectivity index (χ3n) is 3.00. The number of hydrogen-bond donors (Lipinski definition) is 1. The highest BCUT2D eigenvalue weighted by molar-refractivity contribution is 5.86. The topological polar surface area (TPSA) is 69.0 Å². The lowest BCUT2D eigenvalue weighted by Crippen LogP contribution is -2.38. The second kappa shape index (κ2) is 4.72. The standard InChI is InChI=1S/C13H14N4O2/c1-17-8-9(15-16-17)6-11(18)13-7-14-10-4-2-3-5-12(10)19-13/h2-5,8,13-14H,6-7H2,1H3. The monoisotopic (exact) mass is 258 g/mol. The summed E-state index contributed by atoms with van der Waals surface area (Å²) in [5.41, 5.74) is 1.58. The van der Waals surface area contributed by atoms with Crippen molar-refractivity contribution in [3.05, 3.63) is 36.2 Å². The molecule has 1 N–H and O–H groups in total. The van der Waals surface area contributed by atoms with Crippen molar-refractivity contribution in [1.29, 1.82) is 0 Å². The molecule has 0 fully saturated rings. The molecule has 6 heteroatoms. The fourth-order valence-electron chi connectivity index (χ4n) is 2.06. The summed E-state index contributed by atoms with van der Waals surface area (Å²) in [7, 11) is 1.77. The summed E-state index contributed by atoms with van der Waals surface area (Å²) in [5, 5.41) is 10.9. The number of carbonyl (C=O) groups excluding carboxylic acids is 1. The zero-order valence-electron chi connectivity index (χ0n) is 10.5. The second-order valence-corrected chi connectivity index (χ2v) is 4.51. The zero-order chi connectivity index (χ0) is 13.2. The van der Waals surface area contributed by atoms with E-state index in [1.54, 1.807) is 17.9 Å². The minimum absolute atomic E-state index is 0.00232. The van der Waals surface area contributed by atoms with Crippen LogP contribution in [0, 0.1) is 0 Å². The number of fused-ring (bicyclic) bond motifs is 1. The van der Waals surface area contributed by atoms with E-state index in [1.165, 1.54) is 0 Å². The van der Waals surface area contributed by atoms with Crippen LogP contribution in [0.1, 0.15) is 5.69 Å². The molecule has 1 unspecified atom stereocenters. The number of rotatable bonds is 3. The van der Waals surface area contributed by atoms with Gasteiger partial charge in [-0.1, -0.05) is 17.3 Å². The minimum atomic E-state index is -0.475. The molecule has 1 aliphatic heterocycles. The summed E-state index contributed by atoms with van der Waals surface area (Å²) in [6.45, 7) is 0.482. The number of hydrogen-bond acceptors (Lipinski definition) is 5. The Bertz CT molecular complexity index is 608. The summed E-state index contributed by atoms with van der Waals surface area (Å²) in [4.78, 5) is 12.1. The highest BCUT2D eigenvalue weighted by Gasteiger charge is 2.26. The van der Waals surface area contributed by atoms with Gasteiger partial charge in [-0.25, -0.2) is 0 Å². The molecule has 0 amide bonds. The quantitative estimate of drug-likeness (QED) is 0.882. The Kier molecular flexibility index (Phi) is 2.91. The van der Waals surface area contributed by atoms with E-state index in [4.69, 9.17) is 4.74 Å². The number of nitrogens with one attached hydrogen (secondary N) is 1. The lowest BCUT2D eigenvalue weighted by molar-refractivity contribution is -0.124. The molecule has 0 saturated heterocycles. The van der Waals surface area contributed by atoms with Crippen molar-refractivity contribution >= 4 is 11.5 Å². The molecule has 1 aromatic heterocycles. The SMILES string of the molecule is Cn1cc(CC(=O)C2CNc3ccccc3O2)nn1. The van der Waals surface area contributed by atoms with E-state index in [0.717, 1.165) is 5.69 Å². The lowest BCUT2D eigenvalue weighted by Gasteiger charge is -2.26.